The molecule has 2 amide bonds. The Bertz CT molecular complexity index is 579. The van der Waals surface area contributed by atoms with Crippen molar-refractivity contribution < 1.29 is 9.59 Å². The Balaban J connectivity index is 1.71. The van der Waals surface area contributed by atoms with Gasteiger partial charge in [0.2, 0.25) is 17.8 Å². The van der Waals surface area contributed by atoms with Crippen molar-refractivity contribution >= 4 is 23.5 Å². The number of nitrogens with zero attached hydrogens (tertiary/aromatic N) is 2. The molecule has 1 atom stereocenters. The number of nitrogens with one attached hydrogen (secondary N) is 2. The minimum absolute atomic E-state index is 0.0933. The maximum absolute atomic E-state index is 12.3. The molecule has 1 saturated heterocycles. The number of anilines is 1. The Hall–Kier alpha value is -2.37. The number of amides is 2. The fraction of sp³-hybridized carbons (Fsp3) is 0.438. The minimum Gasteiger partial charge on any atom is -0.343 e. The predicted molar refractivity (Wildman–Crippen MR) is 84.5 cm³/mol. The molecule has 1 fully saturated rings. The van der Waals surface area contributed by atoms with Crippen LogP contribution in [0.25, 0.3) is 0 Å². The van der Waals surface area contributed by atoms with Crippen LogP contribution >= 0.6 is 0 Å². The van der Waals surface area contributed by atoms with Gasteiger partial charge in [0.25, 0.3) is 0 Å². The van der Waals surface area contributed by atoms with Crippen LogP contribution < -0.4 is 10.6 Å². The van der Waals surface area contributed by atoms with Gasteiger partial charge in [0.05, 0.1) is 6.42 Å². The smallest absolute Gasteiger partial charge is 0.249 e. The number of guanidine groups is 1. The highest BCUT2D eigenvalue weighted by Gasteiger charge is 2.29. The summed E-state index contributed by atoms with van der Waals surface area (Å²) >= 11 is 0. The summed E-state index contributed by atoms with van der Waals surface area (Å²) in [4.78, 5) is 30.7. The third-order valence-electron chi connectivity index (χ3n) is 3.91. The van der Waals surface area contributed by atoms with Gasteiger partial charge in [-0.3, -0.25) is 14.9 Å². The molecule has 0 aromatic heterocycles. The summed E-state index contributed by atoms with van der Waals surface area (Å²) in [7, 11) is 0. The molecule has 2 aliphatic rings. The molecule has 0 aliphatic carbocycles. The quantitative estimate of drug-likeness (QED) is 0.866. The molecule has 2 N–H and O–H groups in total. The van der Waals surface area contributed by atoms with E-state index in [1.165, 1.54) is 6.42 Å². The van der Waals surface area contributed by atoms with Crippen molar-refractivity contribution in [2.45, 2.75) is 31.7 Å². The summed E-state index contributed by atoms with van der Waals surface area (Å²) in [5.41, 5.74) is 0.716. The summed E-state index contributed by atoms with van der Waals surface area (Å²) in [6.07, 6.45) is 3.48. The first-order valence-electron chi connectivity index (χ1n) is 7.71. The minimum atomic E-state index is -0.661. The van der Waals surface area contributed by atoms with Crippen LogP contribution in [0.4, 0.5) is 5.69 Å². The predicted octanol–water partition coefficient (Wildman–Crippen LogP) is 1.36. The Kier molecular flexibility index (Phi) is 4.37. The van der Waals surface area contributed by atoms with Gasteiger partial charge < -0.3 is 10.2 Å². The van der Waals surface area contributed by atoms with Gasteiger partial charge in [-0.2, -0.15) is 0 Å². The van der Waals surface area contributed by atoms with Gasteiger partial charge >= 0.3 is 0 Å². The van der Waals surface area contributed by atoms with Crippen LogP contribution in [0.15, 0.2) is 35.3 Å². The van der Waals surface area contributed by atoms with E-state index in [0.29, 0.717) is 11.6 Å². The van der Waals surface area contributed by atoms with E-state index < -0.39 is 6.04 Å². The summed E-state index contributed by atoms with van der Waals surface area (Å²) in [5, 5.41) is 5.60. The van der Waals surface area contributed by atoms with Crippen LogP contribution in [0.2, 0.25) is 0 Å². The number of benzene rings is 1. The van der Waals surface area contributed by atoms with Crippen molar-refractivity contribution in [3.8, 4) is 0 Å². The number of piperidine rings is 1. The standard InChI is InChI=1S/C16H20N4O2/c21-14-11-13(15(22)17-12-7-3-1-4-8-12)18-16(19-14)20-9-5-2-6-10-20/h1,3-4,7-8,13H,2,5-6,9-11H2,(H,17,22)(H,18,19,21)/t13-/m0/s1. The maximum Gasteiger partial charge on any atom is 0.249 e. The highest BCUT2D eigenvalue weighted by Crippen LogP contribution is 2.14. The number of hydrogen-bond acceptors (Lipinski definition) is 4. The lowest BCUT2D eigenvalue weighted by Gasteiger charge is -2.32. The average molecular weight is 300 g/mol. The molecule has 0 saturated carbocycles. The molecule has 22 heavy (non-hydrogen) atoms. The number of carbonyl (C=O) groups is 2. The zero-order valence-electron chi connectivity index (χ0n) is 12.4. The fourth-order valence-electron chi connectivity index (χ4n) is 2.74. The molecule has 6 nitrogen and oxygen atoms in total. The Labute approximate surface area is 129 Å². The van der Waals surface area contributed by atoms with E-state index in [4.69, 9.17) is 0 Å². The molecule has 2 aliphatic heterocycles. The van der Waals surface area contributed by atoms with Crippen LogP contribution in [-0.4, -0.2) is 41.8 Å². The van der Waals surface area contributed by atoms with Gasteiger partial charge in [-0.15, -0.1) is 0 Å². The van der Waals surface area contributed by atoms with E-state index in [2.05, 4.69) is 20.5 Å². The molecule has 0 unspecified atom stereocenters. The first kappa shape index (κ1) is 14.6. The van der Waals surface area contributed by atoms with Crippen LogP contribution in [0.3, 0.4) is 0 Å². The fourth-order valence-corrected chi connectivity index (χ4v) is 2.74. The number of hydrogen-bond donors (Lipinski definition) is 2. The first-order valence-corrected chi connectivity index (χ1v) is 7.71. The number of rotatable bonds is 2. The SMILES string of the molecule is O=C1C[C@@H](C(=O)Nc2ccccc2)N=C(N2CCCCC2)N1. The summed E-state index contributed by atoms with van der Waals surface area (Å²) < 4.78 is 0. The van der Waals surface area contributed by atoms with Crippen molar-refractivity contribution in [3.63, 3.8) is 0 Å². The highest BCUT2D eigenvalue weighted by atomic mass is 16.2. The van der Waals surface area contributed by atoms with E-state index >= 15 is 0 Å². The molecule has 0 spiro atoms. The molecule has 1 aromatic carbocycles. The topological polar surface area (TPSA) is 73.8 Å². The van der Waals surface area contributed by atoms with Gasteiger partial charge in [-0.25, -0.2) is 4.99 Å². The van der Waals surface area contributed by atoms with Crippen molar-refractivity contribution in [1.29, 1.82) is 0 Å². The second-order valence-electron chi connectivity index (χ2n) is 5.62. The summed E-state index contributed by atoms with van der Waals surface area (Å²) in [5.74, 6) is 0.156. The van der Waals surface area contributed by atoms with Crippen LogP contribution in [0, 0.1) is 0 Å². The van der Waals surface area contributed by atoms with Crippen molar-refractivity contribution in [2.24, 2.45) is 4.99 Å². The second kappa shape index (κ2) is 6.60. The third-order valence-corrected chi connectivity index (χ3v) is 3.91. The monoisotopic (exact) mass is 300 g/mol. The van der Waals surface area contributed by atoms with Gasteiger partial charge in [0.1, 0.15) is 6.04 Å². The van der Waals surface area contributed by atoms with Crippen molar-refractivity contribution in [2.75, 3.05) is 18.4 Å². The number of para-hydroxylation sites is 1. The van der Waals surface area contributed by atoms with Crippen LogP contribution in [0.5, 0.6) is 0 Å². The lowest BCUT2D eigenvalue weighted by Crippen LogP contribution is -2.51. The van der Waals surface area contributed by atoms with E-state index in [1.54, 1.807) is 0 Å². The molecule has 3 rings (SSSR count). The average Bonchev–Trinajstić information content (AvgIpc) is 2.56. The van der Waals surface area contributed by atoms with E-state index in [-0.39, 0.29) is 18.2 Å². The Morgan fingerprint density at radius 1 is 1.18 bits per heavy atom. The van der Waals surface area contributed by atoms with Gasteiger partial charge in [-0.05, 0) is 31.4 Å². The van der Waals surface area contributed by atoms with Gasteiger partial charge in [0, 0.05) is 18.8 Å². The highest BCUT2D eigenvalue weighted by molar-refractivity contribution is 6.05. The molecule has 116 valence electrons. The molecule has 0 radical (unpaired) electrons. The second-order valence-corrected chi connectivity index (χ2v) is 5.62. The third kappa shape index (κ3) is 3.44. The largest absolute Gasteiger partial charge is 0.343 e. The lowest BCUT2D eigenvalue weighted by atomic mass is 10.1. The maximum atomic E-state index is 12.3. The van der Waals surface area contributed by atoms with Gasteiger partial charge in [-0.1, -0.05) is 18.2 Å². The number of likely N-dealkylation sites (tertiary alicyclic amines) is 1. The van der Waals surface area contributed by atoms with Crippen molar-refractivity contribution in [3.05, 3.63) is 30.3 Å². The van der Waals surface area contributed by atoms with Crippen LogP contribution in [0.1, 0.15) is 25.7 Å². The zero-order chi connectivity index (χ0) is 15.4. The van der Waals surface area contributed by atoms with Crippen LogP contribution in [-0.2, 0) is 9.59 Å². The zero-order valence-corrected chi connectivity index (χ0v) is 12.4. The number of aliphatic imine (C=N–C) groups is 1. The number of carbonyl (C=O) groups excluding carboxylic acids is 2. The van der Waals surface area contributed by atoms with E-state index in [1.807, 2.05) is 30.3 Å². The molecular formula is C16H20N4O2. The molecular weight excluding hydrogens is 280 g/mol. The molecule has 1 aromatic rings. The van der Waals surface area contributed by atoms with Gasteiger partial charge in [0.15, 0.2) is 0 Å². The molecule has 0 bridgehead atoms. The summed E-state index contributed by atoms with van der Waals surface area (Å²) in [6.45, 7) is 1.76. The first-order chi connectivity index (χ1) is 10.7. The normalized spacial score (nSPS) is 21.8. The lowest BCUT2D eigenvalue weighted by molar-refractivity contribution is -0.125. The van der Waals surface area contributed by atoms with Crippen molar-refractivity contribution in [1.82, 2.24) is 10.2 Å². The molecule has 2 heterocycles. The van der Waals surface area contributed by atoms with E-state index in [0.717, 1.165) is 25.9 Å². The molecule has 6 heteroatoms. The Morgan fingerprint density at radius 3 is 2.64 bits per heavy atom. The summed E-state index contributed by atoms with van der Waals surface area (Å²) in [6, 6.07) is 8.56. The van der Waals surface area contributed by atoms with E-state index in [9.17, 15) is 9.59 Å². The Morgan fingerprint density at radius 2 is 1.91 bits per heavy atom.